The van der Waals surface area contributed by atoms with Gasteiger partial charge in [0.05, 0.1) is 17.4 Å². The van der Waals surface area contributed by atoms with Gasteiger partial charge < -0.3 is 10.4 Å². The maximum absolute atomic E-state index is 10.9. The number of benzene rings is 1. The lowest BCUT2D eigenvalue weighted by Gasteiger charge is -2.05. The maximum atomic E-state index is 10.9. The third-order valence-corrected chi connectivity index (χ3v) is 2.85. The van der Waals surface area contributed by atoms with Crippen LogP contribution in [0.25, 0.3) is 0 Å². The van der Waals surface area contributed by atoms with Gasteiger partial charge in [0.1, 0.15) is 0 Å². The summed E-state index contributed by atoms with van der Waals surface area (Å²) in [5, 5.41) is 16.2. The van der Waals surface area contributed by atoms with Crippen molar-refractivity contribution in [3.63, 3.8) is 0 Å². The van der Waals surface area contributed by atoms with Crippen molar-refractivity contribution in [3.05, 3.63) is 40.6 Å². The highest BCUT2D eigenvalue weighted by Crippen LogP contribution is 2.22. The van der Waals surface area contributed by atoms with Crippen molar-refractivity contribution in [3.8, 4) is 0 Å². The summed E-state index contributed by atoms with van der Waals surface area (Å²) in [7, 11) is 0. The third kappa shape index (κ3) is 2.89. The number of carboxylic acids is 1. The average Bonchev–Trinajstić information content (AvgIpc) is 2.76. The van der Waals surface area contributed by atoms with Gasteiger partial charge in [0, 0.05) is 22.9 Å². The zero-order valence-corrected chi connectivity index (χ0v) is 11.3. The van der Waals surface area contributed by atoms with E-state index in [-0.39, 0.29) is 5.56 Å². The summed E-state index contributed by atoms with van der Waals surface area (Å²) in [5.74, 6) is -0.955. The first-order valence-corrected chi connectivity index (χ1v) is 6.21. The van der Waals surface area contributed by atoms with E-state index in [1.807, 2.05) is 19.2 Å². The number of aromatic nitrogens is 2. The van der Waals surface area contributed by atoms with Crippen LogP contribution in [-0.2, 0) is 6.54 Å². The number of nitrogens with one attached hydrogen (secondary N) is 1. The molecule has 0 saturated carbocycles. The van der Waals surface area contributed by atoms with E-state index in [9.17, 15) is 4.79 Å². The maximum Gasteiger partial charge on any atom is 0.335 e. The van der Waals surface area contributed by atoms with Crippen LogP contribution < -0.4 is 5.32 Å². The van der Waals surface area contributed by atoms with Crippen molar-refractivity contribution >= 4 is 33.3 Å². The number of carbonyl (C=O) groups is 1. The molecular weight excluding hydrogens is 298 g/mol. The van der Waals surface area contributed by atoms with Crippen LogP contribution >= 0.6 is 15.9 Å². The first-order valence-electron chi connectivity index (χ1n) is 5.42. The molecule has 6 heteroatoms. The summed E-state index contributed by atoms with van der Waals surface area (Å²) in [6.07, 6.45) is 3.56. The van der Waals surface area contributed by atoms with Gasteiger partial charge in [-0.1, -0.05) is 15.9 Å². The molecule has 0 amide bonds. The van der Waals surface area contributed by atoms with Crippen molar-refractivity contribution in [2.75, 3.05) is 5.32 Å². The monoisotopic (exact) mass is 309 g/mol. The Hall–Kier alpha value is -1.82. The summed E-state index contributed by atoms with van der Waals surface area (Å²) < 4.78 is 2.51. The van der Waals surface area contributed by atoms with Crippen molar-refractivity contribution in [1.82, 2.24) is 9.78 Å². The highest BCUT2D eigenvalue weighted by atomic mass is 79.9. The Morgan fingerprint density at radius 3 is 2.83 bits per heavy atom. The van der Waals surface area contributed by atoms with Gasteiger partial charge in [-0.3, -0.25) is 4.68 Å². The molecule has 0 radical (unpaired) electrons. The van der Waals surface area contributed by atoms with E-state index >= 15 is 0 Å². The lowest BCUT2D eigenvalue weighted by atomic mass is 10.2. The zero-order valence-electron chi connectivity index (χ0n) is 9.72. The summed E-state index contributed by atoms with van der Waals surface area (Å²) in [6, 6.07) is 4.95. The van der Waals surface area contributed by atoms with Crippen LogP contribution in [-0.4, -0.2) is 20.9 Å². The van der Waals surface area contributed by atoms with E-state index in [0.29, 0.717) is 10.2 Å². The van der Waals surface area contributed by atoms with E-state index in [0.717, 1.165) is 12.2 Å². The fourth-order valence-corrected chi connectivity index (χ4v) is 2.05. The molecule has 2 rings (SSSR count). The Kier molecular flexibility index (Phi) is 3.66. The van der Waals surface area contributed by atoms with Gasteiger partial charge >= 0.3 is 5.97 Å². The van der Waals surface area contributed by atoms with Gasteiger partial charge in [-0.15, -0.1) is 0 Å². The van der Waals surface area contributed by atoms with Crippen LogP contribution in [0, 0.1) is 0 Å². The second kappa shape index (κ2) is 5.22. The Morgan fingerprint density at radius 2 is 2.22 bits per heavy atom. The van der Waals surface area contributed by atoms with Crippen molar-refractivity contribution < 1.29 is 9.90 Å². The fraction of sp³-hybridized carbons (Fsp3) is 0.167. The lowest BCUT2D eigenvalue weighted by molar-refractivity contribution is 0.0697. The fourth-order valence-electron chi connectivity index (χ4n) is 1.55. The molecule has 0 aliphatic rings. The van der Waals surface area contributed by atoms with Crippen molar-refractivity contribution in [1.29, 1.82) is 0 Å². The minimum absolute atomic E-state index is 0.231. The summed E-state index contributed by atoms with van der Waals surface area (Å²) >= 11 is 3.29. The first-order chi connectivity index (χ1) is 8.58. The Balaban J connectivity index is 2.25. The summed E-state index contributed by atoms with van der Waals surface area (Å²) in [4.78, 5) is 10.9. The van der Waals surface area contributed by atoms with Crippen LogP contribution in [0.1, 0.15) is 17.3 Å². The van der Waals surface area contributed by atoms with Gasteiger partial charge in [-0.25, -0.2) is 4.79 Å². The van der Waals surface area contributed by atoms with E-state index in [4.69, 9.17) is 5.11 Å². The van der Waals surface area contributed by atoms with Crippen LogP contribution in [0.3, 0.4) is 0 Å². The van der Waals surface area contributed by atoms with Gasteiger partial charge in [-0.2, -0.15) is 5.10 Å². The molecule has 1 aromatic heterocycles. The number of carboxylic acid groups (broad SMARTS) is 1. The number of aryl methyl sites for hydroxylation is 1. The Bertz CT molecular complexity index is 580. The highest BCUT2D eigenvalue weighted by Gasteiger charge is 2.06. The van der Waals surface area contributed by atoms with E-state index < -0.39 is 5.97 Å². The van der Waals surface area contributed by atoms with Crippen LogP contribution in [0.5, 0.6) is 0 Å². The minimum Gasteiger partial charge on any atom is -0.478 e. The van der Waals surface area contributed by atoms with E-state index in [1.54, 1.807) is 23.0 Å². The lowest BCUT2D eigenvalue weighted by Crippen LogP contribution is -1.98. The van der Waals surface area contributed by atoms with Crippen LogP contribution in [0.4, 0.5) is 11.4 Å². The second-order valence-electron chi connectivity index (χ2n) is 3.74. The summed E-state index contributed by atoms with van der Waals surface area (Å²) in [6.45, 7) is 2.79. The standard InChI is InChI=1S/C12H12BrN3O2/c1-2-16-7-11(6-14-16)15-10-4-8(12(17)18)3-9(13)5-10/h3-7,15H,2H2,1H3,(H,17,18). The first kappa shape index (κ1) is 12.6. The number of halogens is 1. The van der Waals surface area contributed by atoms with Gasteiger partial charge in [-0.05, 0) is 25.1 Å². The molecule has 0 bridgehead atoms. The highest BCUT2D eigenvalue weighted by molar-refractivity contribution is 9.10. The number of aromatic carboxylic acids is 1. The number of hydrogen-bond acceptors (Lipinski definition) is 3. The number of hydrogen-bond donors (Lipinski definition) is 2. The molecule has 2 aromatic rings. The van der Waals surface area contributed by atoms with Crippen molar-refractivity contribution in [2.45, 2.75) is 13.5 Å². The molecule has 1 aromatic carbocycles. The van der Waals surface area contributed by atoms with E-state index in [1.165, 1.54) is 0 Å². The largest absolute Gasteiger partial charge is 0.478 e. The van der Waals surface area contributed by atoms with Crippen LogP contribution in [0.15, 0.2) is 35.1 Å². The normalized spacial score (nSPS) is 10.3. The Morgan fingerprint density at radius 1 is 1.44 bits per heavy atom. The number of rotatable bonds is 4. The Labute approximate surface area is 113 Å². The van der Waals surface area contributed by atoms with Gasteiger partial charge in [0.2, 0.25) is 0 Å². The number of nitrogens with zero attached hydrogens (tertiary/aromatic N) is 2. The predicted octanol–water partition coefficient (Wildman–Crippen LogP) is 3.11. The van der Waals surface area contributed by atoms with Gasteiger partial charge in [0.15, 0.2) is 0 Å². The molecule has 0 fully saturated rings. The predicted molar refractivity (Wildman–Crippen MR) is 72.3 cm³/mol. The number of anilines is 2. The molecule has 5 nitrogen and oxygen atoms in total. The molecule has 0 spiro atoms. The molecule has 0 aliphatic heterocycles. The summed E-state index contributed by atoms with van der Waals surface area (Å²) in [5.41, 5.74) is 1.76. The molecule has 2 N–H and O–H groups in total. The van der Waals surface area contributed by atoms with Gasteiger partial charge in [0.25, 0.3) is 0 Å². The molecule has 0 saturated heterocycles. The molecular formula is C12H12BrN3O2. The van der Waals surface area contributed by atoms with E-state index in [2.05, 4.69) is 26.3 Å². The molecule has 0 atom stereocenters. The van der Waals surface area contributed by atoms with Crippen molar-refractivity contribution in [2.24, 2.45) is 0 Å². The minimum atomic E-state index is -0.955. The van der Waals surface area contributed by atoms with Crippen LogP contribution in [0.2, 0.25) is 0 Å². The molecule has 1 heterocycles. The third-order valence-electron chi connectivity index (χ3n) is 2.39. The zero-order chi connectivity index (χ0) is 13.1. The molecule has 18 heavy (non-hydrogen) atoms. The molecule has 0 aliphatic carbocycles. The molecule has 0 unspecified atom stereocenters. The quantitative estimate of drug-likeness (QED) is 0.910. The second-order valence-corrected chi connectivity index (χ2v) is 4.66. The smallest absolute Gasteiger partial charge is 0.335 e. The topological polar surface area (TPSA) is 67.2 Å². The SMILES string of the molecule is CCn1cc(Nc2cc(Br)cc(C(=O)O)c2)cn1. The molecule has 94 valence electrons. The average molecular weight is 310 g/mol.